The summed E-state index contributed by atoms with van der Waals surface area (Å²) < 4.78 is 7.51. The van der Waals surface area contributed by atoms with E-state index in [9.17, 15) is 4.79 Å². The lowest BCUT2D eigenvalue weighted by Gasteiger charge is -2.07. The van der Waals surface area contributed by atoms with Gasteiger partial charge >= 0.3 is 0 Å². The maximum Gasteiger partial charge on any atom is 0.217 e. The number of amides is 1. The highest BCUT2D eigenvalue weighted by molar-refractivity contribution is 5.73. The Morgan fingerprint density at radius 2 is 2.05 bits per heavy atom. The quantitative estimate of drug-likeness (QED) is 0.772. The van der Waals surface area contributed by atoms with Gasteiger partial charge in [-0.05, 0) is 37.1 Å². The van der Waals surface area contributed by atoms with Crippen LogP contribution in [0.4, 0.5) is 0 Å². The average Bonchev–Trinajstić information content (AvgIpc) is 2.93. The van der Waals surface area contributed by atoms with Gasteiger partial charge in [0.25, 0.3) is 0 Å². The molecule has 0 aliphatic rings. The molecular weight excluding hydrogens is 242 g/mol. The van der Waals surface area contributed by atoms with Gasteiger partial charge in [-0.2, -0.15) is 0 Å². The van der Waals surface area contributed by atoms with Gasteiger partial charge in [0.15, 0.2) is 0 Å². The zero-order valence-electron chi connectivity index (χ0n) is 10.7. The fourth-order valence-corrected chi connectivity index (χ4v) is 1.72. The number of benzene rings is 1. The standard InChI is InChI=1S/C14H17N3O2/c15-14(18)3-1-2-10-19-13-6-4-12(5-7-13)17-9-8-16-11-17/h4-9,11H,1-3,10H2,(H2,15,18). The Kier molecular flexibility index (Phi) is 4.55. The smallest absolute Gasteiger partial charge is 0.217 e. The van der Waals surface area contributed by atoms with E-state index in [1.807, 2.05) is 35.0 Å². The molecule has 1 amide bonds. The van der Waals surface area contributed by atoms with Gasteiger partial charge in [-0.25, -0.2) is 4.98 Å². The van der Waals surface area contributed by atoms with Crippen molar-refractivity contribution >= 4 is 5.91 Å². The van der Waals surface area contributed by atoms with Crippen molar-refractivity contribution in [2.45, 2.75) is 19.3 Å². The van der Waals surface area contributed by atoms with Crippen LogP contribution in [-0.2, 0) is 4.79 Å². The van der Waals surface area contributed by atoms with Crippen molar-refractivity contribution in [2.75, 3.05) is 6.61 Å². The van der Waals surface area contributed by atoms with Crippen LogP contribution in [0.25, 0.3) is 5.69 Å². The molecule has 1 heterocycles. The molecule has 0 atom stereocenters. The number of unbranched alkanes of at least 4 members (excludes halogenated alkanes) is 1. The Bertz CT molecular complexity index is 506. The molecule has 1 aromatic carbocycles. The largest absolute Gasteiger partial charge is 0.494 e. The van der Waals surface area contributed by atoms with Crippen molar-refractivity contribution in [3.05, 3.63) is 43.0 Å². The van der Waals surface area contributed by atoms with Crippen LogP contribution in [0.2, 0.25) is 0 Å². The summed E-state index contributed by atoms with van der Waals surface area (Å²) in [6, 6.07) is 7.79. The summed E-state index contributed by atoms with van der Waals surface area (Å²) in [5, 5.41) is 0. The summed E-state index contributed by atoms with van der Waals surface area (Å²) in [5.41, 5.74) is 6.10. The van der Waals surface area contributed by atoms with Crippen LogP contribution in [0.15, 0.2) is 43.0 Å². The highest BCUT2D eigenvalue weighted by Gasteiger charge is 1.98. The monoisotopic (exact) mass is 259 g/mol. The Hall–Kier alpha value is -2.30. The Labute approximate surface area is 112 Å². The number of primary amides is 1. The number of hydrogen-bond acceptors (Lipinski definition) is 3. The first kappa shape index (κ1) is 13.1. The highest BCUT2D eigenvalue weighted by Crippen LogP contribution is 2.15. The lowest BCUT2D eigenvalue weighted by molar-refractivity contribution is -0.118. The van der Waals surface area contributed by atoms with Gasteiger partial charge in [0.05, 0.1) is 12.9 Å². The molecule has 2 aromatic rings. The summed E-state index contributed by atoms with van der Waals surface area (Å²) in [5.74, 6) is 0.563. The first-order valence-electron chi connectivity index (χ1n) is 6.25. The molecule has 0 unspecified atom stereocenters. The zero-order valence-corrected chi connectivity index (χ0v) is 10.7. The molecule has 0 aliphatic carbocycles. The van der Waals surface area contributed by atoms with E-state index in [-0.39, 0.29) is 5.91 Å². The molecule has 0 saturated heterocycles. The number of carbonyl (C=O) groups excluding carboxylic acids is 1. The zero-order chi connectivity index (χ0) is 13.5. The molecule has 1 aromatic heterocycles. The molecule has 5 heteroatoms. The van der Waals surface area contributed by atoms with Crippen molar-refractivity contribution in [2.24, 2.45) is 5.73 Å². The van der Waals surface area contributed by atoms with Crippen LogP contribution in [0.5, 0.6) is 5.75 Å². The maximum absolute atomic E-state index is 10.6. The summed E-state index contributed by atoms with van der Waals surface area (Å²) >= 11 is 0. The van der Waals surface area contributed by atoms with E-state index in [2.05, 4.69) is 4.98 Å². The van der Waals surface area contributed by atoms with Crippen molar-refractivity contribution in [1.82, 2.24) is 9.55 Å². The minimum absolute atomic E-state index is 0.260. The molecule has 2 rings (SSSR count). The number of ether oxygens (including phenoxy) is 1. The van der Waals surface area contributed by atoms with Gasteiger partial charge < -0.3 is 15.0 Å². The van der Waals surface area contributed by atoms with Crippen LogP contribution >= 0.6 is 0 Å². The van der Waals surface area contributed by atoms with Crippen LogP contribution < -0.4 is 10.5 Å². The molecule has 0 fully saturated rings. The first-order chi connectivity index (χ1) is 9.25. The fourth-order valence-electron chi connectivity index (χ4n) is 1.72. The van der Waals surface area contributed by atoms with Crippen LogP contribution in [0.1, 0.15) is 19.3 Å². The lowest BCUT2D eigenvalue weighted by Crippen LogP contribution is -2.10. The summed E-state index contributed by atoms with van der Waals surface area (Å²) in [6.45, 7) is 0.595. The molecular formula is C14H17N3O2. The van der Waals surface area contributed by atoms with Gasteiger partial charge in [-0.1, -0.05) is 0 Å². The first-order valence-corrected chi connectivity index (χ1v) is 6.25. The lowest BCUT2D eigenvalue weighted by atomic mass is 10.2. The third-order valence-electron chi connectivity index (χ3n) is 2.73. The second-order valence-electron chi connectivity index (χ2n) is 4.24. The average molecular weight is 259 g/mol. The molecule has 2 N–H and O–H groups in total. The van der Waals surface area contributed by atoms with E-state index in [1.54, 1.807) is 12.5 Å². The topological polar surface area (TPSA) is 70.1 Å². The van der Waals surface area contributed by atoms with Gasteiger partial charge in [0.1, 0.15) is 5.75 Å². The van der Waals surface area contributed by atoms with Gasteiger partial charge in [-0.3, -0.25) is 4.79 Å². The van der Waals surface area contributed by atoms with Crippen molar-refractivity contribution in [3.63, 3.8) is 0 Å². The van der Waals surface area contributed by atoms with E-state index in [0.717, 1.165) is 24.3 Å². The highest BCUT2D eigenvalue weighted by atomic mass is 16.5. The summed E-state index contributed by atoms with van der Waals surface area (Å²) in [6.07, 6.45) is 7.39. The predicted molar refractivity (Wildman–Crippen MR) is 72.1 cm³/mol. The fraction of sp³-hybridized carbons (Fsp3) is 0.286. The summed E-state index contributed by atoms with van der Waals surface area (Å²) in [4.78, 5) is 14.6. The van der Waals surface area contributed by atoms with E-state index < -0.39 is 0 Å². The number of hydrogen-bond donors (Lipinski definition) is 1. The Morgan fingerprint density at radius 1 is 1.26 bits per heavy atom. The molecule has 0 saturated carbocycles. The second kappa shape index (κ2) is 6.58. The maximum atomic E-state index is 10.6. The Balaban J connectivity index is 1.78. The molecule has 0 spiro atoms. The number of nitrogens with zero attached hydrogens (tertiary/aromatic N) is 2. The van der Waals surface area contributed by atoms with Crippen LogP contribution in [-0.4, -0.2) is 22.1 Å². The third-order valence-corrected chi connectivity index (χ3v) is 2.73. The van der Waals surface area contributed by atoms with E-state index in [0.29, 0.717) is 13.0 Å². The number of aromatic nitrogens is 2. The summed E-state index contributed by atoms with van der Waals surface area (Å²) in [7, 11) is 0. The third kappa shape index (κ3) is 4.13. The molecule has 19 heavy (non-hydrogen) atoms. The van der Waals surface area contributed by atoms with Crippen LogP contribution in [0, 0.1) is 0 Å². The molecule has 0 bridgehead atoms. The van der Waals surface area contributed by atoms with E-state index in [4.69, 9.17) is 10.5 Å². The number of carbonyl (C=O) groups is 1. The number of imidazole rings is 1. The van der Waals surface area contributed by atoms with E-state index in [1.165, 1.54) is 0 Å². The van der Waals surface area contributed by atoms with Crippen LogP contribution in [0.3, 0.4) is 0 Å². The number of rotatable bonds is 7. The van der Waals surface area contributed by atoms with Gasteiger partial charge in [0.2, 0.25) is 5.91 Å². The van der Waals surface area contributed by atoms with Crippen molar-refractivity contribution in [3.8, 4) is 11.4 Å². The molecule has 100 valence electrons. The second-order valence-corrected chi connectivity index (χ2v) is 4.24. The van der Waals surface area contributed by atoms with Gasteiger partial charge in [-0.15, -0.1) is 0 Å². The number of nitrogens with two attached hydrogens (primary N) is 1. The normalized spacial score (nSPS) is 10.3. The molecule has 0 radical (unpaired) electrons. The molecule has 5 nitrogen and oxygen atoms in total. The Morgan fingerprint density at radius 3 is 2.68 bits per heavy atom. The SMILES string of the molecule is NC(=O)CCCCOc1ccc(-n2ccnc2)cc1. The minimum atomic E-state index is -0.260. The predicted octanol–water partition coefficient (Wildman–Crippen LogP) is 1.91. The van der Waals surface area contributed by atoms with E-state index >= 15 is 0 Å². The van der Waals surface area contributed by atoms with Crippen molar-refractivity contribution < 1.29 is 9.53 Å². The van der Waals surface area contributed by atoms with Gasteiger partial charge in [0, 0.05) is 24.5 Å². The van der Waals surface area contributed by atoms with Crippen molar-refractivity contribution in [1.29, 1.82) is 0 Å². The minimum Gasteiger partial charge on any atom is -0.494 e. The molecule has 0 aliphatic heterocycles.